The molecule has 5 nitrogen and oxygen atoms in total. The molecule has 0 bridgehead atoms. The Morgan fingerprint density at radius 1 is 1.33 bits per heavy atom. The van der Waals surface area contributed by atoms with Gasteiger partial charge in [-0.25, -0.2) is 4.68 Å². The van der Waals surface area contributed by atoms with Crippen LogP contribution in [0.4, 0.5) is 0 Å². The molecule has 1 aromatic heterocycles. The van der Waals surface area contributed by atoms with Crippen molar-refractivity contribution in [3.05, 3.63) is 48.3 Å². The van der Waals surface area contributed by atoms with Crippen LogP contribution < -0.4 is 5.32 Å². The van der Waals surface area contributed by atoms with Crippen molar-refractivity contribution in [2.24, 2.45) is 0 Å². The third-order valence-corrected chi connectivity index (χ3v) is 3.09. The molecule has 1 heterocycles. The molecule has 0 aliphatic carbocycles. The van der Waals surface area contributed by atoms with Gasteiger partial charge in [0.05, 0.1) is 18.8 Å². The zero-order valence-electron chi connectivity index (χ0n) is 12.3. The number of para-hydroxylation sites is 1. The van der Waals surface area contributed by atoms with E-state index >= 15 is 0 Å². The quantitative estimate of drug-likeness (QED) is 0.598. The summed E-state index contributed by atoms with van der Waals surface area (Å²) in [6, 6.07) is 9.86. The maximum absolute atomic E-state index is 11.5. The number of unbranched alkanes of at least 4 members (excludes halogenated alkanes) is 1. The van der Waals surface area contributed by atoms with Crippen LogP contribution >= 0.6 is 0 Å². The van der Waals surface area contributed by atoms with E-state index in [1.807, 2.05) is 41.2 Å². The summed E-state index contributed by atoms with van der Waals surface area (Å²) in [5.74, 6) is -0.208. The molecule has 21 heavy (non-hydrogen) atoms. The van der Waals surface area contributed by atoms with E-state index in [1.54, 1.807) is 6.20 Å². The van der Waals surface area contributed by atoms with E-state index in [1.165, 1.54) is 0 Å². The summed E-state index contributed by atoms with van der Waals surface area (Å²) in [5.41, 5.74) is 2.09. The summed E-state index contributed by atoms with van der Waals surface area (Å²) < 4.78 is 6.92. The minimum absolute atomic E-state index is 0.208. The van der Waals surface area contributed by atoms with Crippen molar-refractivity contribution in [1.29, 1.82) is 0 Å². The maximum atomic E-state index is 11.5. The van der Waals surface area contributed by atoms with Crippen molar-refractivity contribution in [2.45, 2.75) is 26.3 Å². The molecule has 0 aliphatic rings. The van der Waals surface area contributed by atoms with Crippen LogP contribution in [0, 0.1) is 0 Å². The predicted octanol–water partition coefficient (Wildman–Crippen LogP) is 2.31. The van der Waals surface area contributed by atoms with Crippen LogP contribution in [0.25, 0.3) is 5.69 Å². The van der Waals surface area contributed by atoms with Gasteiger partial charge in [0.2, 0.25) is 0 Å². The molecule has 1 N–H and O–H groups in total. The van der Waals surface area contributed by atoms with Crippen LogP contribution in [-0.2, 0) is 16.1 Å². The molecule has 1 aromatic carbocycles. The number of ether oxygens (including phenoxy) is 1. The van der Waals surface area contributed by atoms with Crippen molar-refractivity contribution in [3.8, 4) is 5.69 Å². The fourth-order valence-electron chi connectivity index (χ4n) is 1.98. The number of aromatic nitrogens is 2. The lowest BCUT2D eigenvalue weighted by Gasteiger charge is -2.10. The van der Waals surface area contributed by atoms with Gasteiger partial charge in [0.1, 0.15) is 0 Å². The Bertz CT molecular complexity index is 552. The molecule has 112 valence electrons. The molecule has 0 amide bonds. The number of hydrogen-bond acceptors (Lipinski definition) is 4. The highest BCUT2D eigenvalue weighted by Gasteiger charge is 2.06. The van der Waals surface area contributed by atoms with Gasteiger partial charge in [-0.15, -0.1) is 0 Å². The topological polar surface area (TPSA) is 56.1 Å². The van der Waals surface area contributed by atoms with E-state index in [4.69, 9.17) is 4.74 Å². The van der Waals surface area contributed by atoms with Crippen molar-refractivity contribution < 1.29 is 9.53 Å². The number of benzene rings is 1. The highest BCUT2D eigenvalue weighted by molar-refractivity contribution is 5.71. The van der Waals surface area contributed by atoms with E-state index < -0.39 is 0 Å². The van der Waals surface area contributed by atoms with Crippen molar-refractivity contribution >= 4 is 5.97 Å². The summed E-state index contributed by atoms with van der Waals surface area (Å²) in [6.45, 7) is 3.38. The van der Waals surface area contributed by atoms with E-state index in [9.17, 15) is 4.79 Å². The molecule has 0 atom stereocenters. The molecular weight excluding hydrogens is 266 g/mol. The van der Waals surface area contributed by atoms with Crippen LogP contribution in [0.1, 0.15) is 25.3 Å². The van der Waals surface area contributed by atoms with Crippen molar-refractivity contribution in [3.63, 3.8) is 0 Å². The van der Waals surface area contributed by atoms with Gasteiger partial charge >= 0.3 is 5.97 Å². The first-order chi connectivity index (χ1) is 10.3. The monoisotopic (exact) mass is 287 g/mol. The van der Waals surface area contributed by atoms with Gasteiger partial charge in [0.25, 0.3) is 0 Å². The smallest absolute Gasteiger partial charge is 0.319 e. The third-order valence-electron chi connectivity index (χ3n) is 3.09. The van der Waals surface area contributed by atoms with Gasteiger partial charge < -0.3 is 10.1 Å². The molecule has 0 saturated carbocycles. The standard InChI is InChI=1S/C16H21N3O2/c1-2-3-11-21-16(20)13-17-12-14-7-4-5-8-15(14)19-10-6-9-18-19/h4-10,17H,2-3,11-13H2,1H3. The van der Waals surface area contributed by atoms with Crippen LogP contribution in [0.15, 0.2) is 42.7 Å². The summed E-state index contributed by atoms with van der Waals surface area (Å²) in [6.07, 6.45) is 5.58. The van der Waals surface area contributed by atoms with Gasteiger partial charge in [-0.1, -0.05) is 31.5 Å². The van der Waals surface area contributed by atoms with Gasteiger partial charge in [0, 0.05) is 18.9 Å². The second-order valence-electron chi connectivity index (χ2n) is 4.76. The predicted molar refractivity (Wildman–Crippen MR) is 81.1 cm³/mol. The fourth-order valence-corrected chi connectivity index (χ4v) is 1.98. The van der Waals surface area contributed by atoms with Crippen LogP contribution in [0.2, 0.25) is 0 Å². The SMILES string of the molecule is CCCCOC(=O)CNCc1ccccc1-n1cccn1. The average molecular weight is 287 g/mol. The lowest BCUT2D eigenvalue weighted by Crippen LogP contribution is -2.25. The average Bonchev–Trinajstić information content (AvgIpc) is 3.02. The summed E-state index contributed by atoms with van der Waals surface area (Å²) in [4.78, 5) is 11.5. The Morgan fingerprint density at radius 3 is 2.95 bits per heavy atom. The zero-order valence-corrected chi connectivity index (χ0v) is 12.3. The number of nitrogens with one attached hydrogen (secondary N) is 1. The van der Waals surface area contributed by atoms with E-state index in [2.05, 4.69) is 17.3 Å². The lowest BCUT2D eigenvalue weighted by molar-refractivity contribution is -0.142. The normalized spacial score (nSPS) is 10.5. The Balaban J connectivity index is 1.85. The first-order valence-corrected chi connectivity index (χ1v) is 7.25. The first-order valence-electron chi connectivity index (χ1n) is 7.25. The van der Waals surface area contributed by atoms with E-state index in [-0.39, 0.29) is 12.5 Å². The largest absolute Gasteiger partial charge is 0.465 e. The molecular formula is C16H21N3O2. The van der Waals surface area contributed by atoms with Crippen molar-refractivity contribution in [1.82, 2.24) is 15.1 Å². The number of rotatable bonds is 8. The number of carbonyl (C=O) groups is 1. The molecule has 0 fully saturated rings. The zero-order chi connectivity index (χ0) is 14.9. The highest BCUT2D eigenvalue weighted by atomic mass is 16.5. The van der Waals surface area contributed by atoms with Gasteiger partial charge in [-0.05, 0) is 24.1 Å². The second kappa shape index (κ2) is 8.21. The molecule has 5 heteroatoms. The minimum Gasteiger partial charge on any atom is -0.465 e. The summed E-state index contributed by atoms with van der Waals surface area (Å²) >= 11 is 0. The molecule has 0 radical (unpaired) electrons. The number of hydrogen-bond donors (Lipinski definition) is 1. The minimum atomic E-state index is -0.208. The lowest BCUT2D eigenvalue weighted by atomic mass is 10.2. The Morgan fingerprint density at radius 2 is 2.19 bits per heavy atom. The molecule has 0 unspecified atom stereocenters. The molecule has 2 aromatic rings. The summed E-state index contributed by atoms with van der Waals surface area (Å²) in [7, 11) is 0. The fraction of sp³-hybridized carbons (Fsp3) is 0.375. The van der Waals surface area contributed by atoms with E-state index in [0.29, 0.717) is 13.2 Å². The van der Waals surface area contributed by atoms with Crippen LogP contribution in [-0.4, -0.2) is 28.9 Å². The van der Waals surface area contributed by atoms with Crippen molar-refractivity contribution in [2.75, 3.05) is 13.2 Å². The Labute approximate surface area is 124 Å². The Kier molecular flexibility index (Phi) is 5.97. The van der Waals surface area contributed by atoms with Crippen LogP contribution in [0.3, 0.4) is 0 Å². The molecule has 2 rings (SSSR count). The maximum Gasteiger partial charge on any atom is 0.319 e. The second-order valence-corrected chi connectivity index (χ2v) is 4.76. The number of esters is 1. The van der Waals surface area contributed by atoms with E-state index in [0.717, 1.165) is 24.1 Å². The Hall–Kier alpha value is -2.14. The molecule has 0 spiro atoms. The van der Waals surface area contributed by atoms with Gasteiger partial charge in [-0.3, -0.25) is 4.79 Å². The van der Waals surface area contributed by atoms with Gasteiger partial charge in [0.15, 0.2) is 0 Å². The molecule has 0 saturated heterocycles. The number of nitrogens with zero attached hydrogens (tertiary/aromatic N) is 2. The first kappa shape index (κ1) is 15.3. The molecule has 0 aliphatic heterocycles. The number of carbonyl (C=O) groups excluding carboxylic acids is 1. The third kappa shape index (κ3) is 4.72. The highest BCUT2D eigenvalue weighted by Crippen LogP contribution is 2.12. The summed E-state index contributed by atoms with van der Waals surface area (Å²) in [5, 5.41) is 7.35. The van der Waals surface area contributed by atoms with Gasteiger partial charge in [-0.2, -0.15) is 5.10 Å². The van der Waals surface area contributed by atoms with Crippen LogP contribution in [0.5, 0.6) is 0 Å².